The molecule has 22 heavy (non-hydrogen) atoms. The first-order chi connectivity index (χ1) is 10.3. The van der Waals surface area contributed by atoms with Crippen molar-refractivity contribution in [3.05, 3.63) is 29.6 Å². The third-order valence-corrected chi connectivity index (χ3v) is 3.74. The van der Waals surface area contributed by atoms with Gasteiger partial charge in [0.1, 0.15) is 11.9 Å². The molecule has 0 saturated carbocycles. The number of carboxylic acids is 1. The van der Waals surface area contributed by atoms with E-state index >= 15 is 0 Å². The minimum Gasteiger partial charge on any atom is -0.480 e. The maximum Gasteiger partial charge on any atom is 0.326 e. The van der Waals surface area contributed by atoms with Gasteiger partial charge in [0.15, 0.2) is 5.78 Å². The molecule has 0 spiro atoms. The van der Waals surface area contributed by atoms with Gasteiger partial charge >= 0.3 is 5.97 Å². The van der Waals surface area contributed by atoms with Crippen molar-refractivity contribution in [2.24, 2.45) is 5.92 Å². The van der Waals surface area contributed by atoms with Crippen molar-refractivity contribution in [3.63, 3.8) is 0 Å². The Labute approximate surface area is 130 Å². The van der Waals surface area contributed by atoms with Crippen LogP contribution in [0.15, 0.2) is 18.2 Å². The standard InChI is InChI=1S/C17H22N2O3/c1-5-15(20)12-6-7-14-13(9-12)18-16(8-10(2)3)19(14)11(4)17(21)22/h6-7,9-11H,5,8H2,1-4H3,(H,21,22). The summed E-state index contributed by atoms with van der Waals surface area (Å²) in [4.78, 5) is 27.8. The summed E-state index contributed by atoms with van der Waals surface area (Å²) in [6.07, 6.45) is 1.14. The average Bonchev–Trinajstić information content (AvgIpc) is 2.81. The van der Waals surface area contributed by atoms with Gasteiger partial charge in [-0.1, -0.05) is 20.8 Å². The van der Waals surface area contributed by atoms with Crippen LogP contribution in [-0.4, -0.2) is 26.4 Å². The normalized spacial score (nSPS) is 12.8. The zero-order valence-electron chi connectivity index (χ0n) is 13.5. The number of rotatable bonds is 6. The molecular formula is C17H22N2O3. The van der Waals surface area contributed by atoms with Gasteiger partial charge in [-0.25, -0.2) is 9.78 Å². The molecule has 2 aromatic rings. The molecule has 0 amide bonds. The van der Waals surface area contributed by atoms with Crippen molar-refractivity contribution < 1.29 is 14.7 Å². The smallest absolute Gasteiger partial charge is 0.326 e. The number of carboxylic acid groups (broad SMARTS) is 1. The Bertz CT molecular complexity index is 716. The summed E-state index contributed by atoms with van der Waals surface area (Å²) in [5, 5.41) is 9.35. The SMILES string of the molecule is CCC(=O)c1ccc2c(c1)nc(CC(C)C)n2C(C)C(=O)O. The van der Waals surface area contributed by atoms with Crippen LogP contribution in [0.5, 0.6) is 0 Å². The minimum absolute atomic E-state index is 0.0631. The molecule has 1 aromatic carbocycles. The molecule has 1 N–H and O–H groups in total. The van der Waals surface area contributed by atoms with E-state index < -0.39 is 12.0 Å². The summed E-state index contributed by atoms with van der Waals surface area (Å²) >= 11 is 0. The van der Waals surface area contributed by atoms with Crippen LogP contribution in [0.25, 0.3) is 11.0 Å². The number of carbonyl (C=O) groups is 2. The van der Waals surface area contributed by atoms with E-state index in [1.54, 1.807) is 29.7 Å². The number of fused-ring (bicyclic) bond motifs is 1. The lowest BCUT2D eigenvalue weighted by atomic mass is 10.1. The second kappa shape index (κ2) is 6.30. The van der Waals surface area contributed by atoms with E-state index in [0.717, 1.165) is 11.3 Å². The maximum absolute atomic E-state index is 11.8. The van der Waals surface area contributed by atoms with Gasteiger partial charge in [-0.15, -0.1) is 0 Å². The molecule has 1 aromatic heterocycles. The van der Waals surface area contributed by atoms with Gasteiger partial charge in [-0.2, -0.15) is 0 Å². The molecule has 5 heteroatoms. The van der Waals surface area contributed by atoms with Gasteiger partial charge in [-0.3, -0.25) is 4.79 Å². The van der Waals surface area contributed by atoms with E-state index in [1.807, 2.05) is 6.92 Å². The van der Waals surface area contributed by atoms with E-state index in [0.29, 0.717) is 29.8 Å². The Morgan fingerprint density at radius 2 is 1.95 bits per heavy atom. The van der Waals surface area contributed by atoms with Crippen molar-refractivity contribution in [1.82, 2.24) is 9.55 Å². The molecule has 0 aliphatic heterocycles. The molecular weight excluding hydrogens is 280 g/mol. The van der Waals surface area contributed by atoms with Crippen molar-refractivity contribution in [3.8, 4) is 0 Å². The maximum atomic E-state index is 11.8. The van der Waals surface area contributed by atoms with E-state index in [2.05, 4.69) is 18.8 Å². The van der Waals surface area contributed by atoms with Gasteiger partial charge in [0.25, 0.3) is 0 Å². The van der Waals surface area contributed by atoms with Gasteiger partial charge in [0, 0.05) is 18.4 Å². The Hall–Kier alpha value is -2.17. The molecule has 0 fully saturated rings. The molecule has 0 bridgehead atoms. The van der Waals surface area contributed by atoms with E-state index in [4.69, 9.17) is 0 Å². The molecule has 0 radical (unpaired) electrons. The number of nitrogens with zero attached hydrogens (tertiary/aromatic N) is 2. The van der Waals surface area contributed by atoms with Crippen LogP contribution < -0.4 is 0 Å². The first-order valence-electron chi connectivity index (χ1n) is 7.62. The van der Waals surface area contributed by atoms with Crippen LogP contribution in [0, 0.1) is 5.92 Å². The zero-order chi connectivity index (χ0) is 16.4. The number of carbonyl (C=O) groups excluding carboxylic acids is 1. The number of imidazole rings is 1. The molecule has 0 saturated heterocycles. The van der Waals surface area contributed by atoms with Crippen LogP contribution >= 0.6 is 0 Å². The van der Waals surface area contributed by atoms with Gasteiger partial charge in [0.2, 0.25) is 0 Å². The highest BCUT2D eigenvalue weighted by Gasteiger charge is 2.22. The second-order valence-electron chi connectivity index (χ2n) is 5.99. The Kier molecular flexibility index (Phi) is 4.64. The molecule has 1 heterocycles. The van der Waals surface area contributed by atoms with Crippen molar-refractivity contribution in [2.75, 3.05) is 0 Å². The van der Waals surface area contributed by atoms with Crippen molar-refractivity contribution >= 4 is 22.8 Å². The van der Waals surface area contributed by atoms with E-state index in [9.17, 15) is 14.7 Å². The third-order valence-electron chi connectivity index (χ3n) is 3.74. The number of aromatic nitrogens is 2. The molecule has 1 unspecified atom stereocenters. The lowest BCUT2D eigenvalue weighted by molar-refractivity contribution is -0.140. The summed E-state index contributed by atoms with van der Waals surface area (Å²) < 4.78 is 1.76. The molecule has 0 aliphatic carbocycles. The summed E-state index contributed by atoms with van der Waals surface area (Å²) in [5.74, 6) is 0.292. The highest BCUT2D eigenvalue weighted by atomic mass is 16.4. The molecule has 118 valence electrons. The fourth-order valence-corrected chi connectivity index (χ4v) is 2.58. The summed E-state index contributed by atoms with van der Waals surface area (Å²) in [7, 11) is 0. The number of Topliss-reactive ketones (excluding diaryl/α,β-unsaturated/α-hetero) is 1. The lowest BCUT2D eigenvalue weighted by Crippen LogP contribution is -2.18. The van der Waals surface area contributed by atoms with E-state index in [-0.39, 0.29) is 5.78 Å². The zero-order valence-corrected chi connectivity index (χ0v) is 13.5. The van der Waals surface area contributed by atoms with Gasteiger partial charge in [0.05, 0.1) is 11.0 Å². The van der Waals surface area contributed by atoms with Crippen LogP contribution in [0.4, 0.5) is 0 Å². The largest absolute Gasteiger partial charge is 0.480 e. The number of hydrogen-bond acceptors (Lipinski definition) is 3. The van der Waals surface area contributed by atoms with Crippen LogP contribution in [-0.2, 0) is 11.2 Å². The minimum atomic E-state index is -0.891. The monoisotopic (exact) mass is 302 g/mol. The highest BCUT2D eigenvalue weighted by Crippen LogP contribution is 2.24. The molecule has 5 nitrogen and oxygen atoms in total. The average molecular weight is 302 g/mol. The molecule has 1 atom stereocenters. The Morgan fingerprint density at radius 3 is 2.50 bits per heavy atom. The molecule has 0 aliphatic rings. The quantitative estimate of drug-likeness (QED) is 0.829. The summed E-state index contributed by atoms with van der Waals surface area (Å²) in [6.45, 7) is 7.61. The van der Waals surface area contributed by atoms with Crippen molar-refractivity contribution in [1.29, 1.82) is 0 Å². The predicted octanol–water partition coefficient (Wildman–Crippen LogP) is 3.47. The Morgan fingerprint density at radius 1 is 1.27 bits per heavy atom. The first kappa shape index (κ1) is 16.2. The van der Waals surface area contributed by atoms with E-state index in [1.165, 1.54) is 0 Å². The van der Waals surface area contributed by atoms with Crippen LogP contribution in [0.2, 0.25) is 0 Å². The highest BCUT2D eigenvalue weighted by molar-refractivity contribution is 5.98. The summed E-state index contributed by atoms with van der Waals surface area (Å²) in [5.41, 5.74) is 2.07. The van der Waals surface area contributed by atoms with Crippen molar-refractivity contribution in [2.45, 2.75) is 46.6 Å². The third kappa shape index (κ3) is 3.03. The van der Waals surface area contributed by atoms with Crippen LogP contribution in [0.1, 0.15) is 56.3 Å². The first-order valence-corrected chi connectivity index (χ1v) is 7.62. The topological polar surface area (TPSA) is 72.2 Å². The Balaban J connectivity index is 2.62. The summed E-state index contributed by atoms with van der Waals surface area (Å²) in [6, 6.07) is 4.62. The molecule has 2 rings (SSSR count). The fourth-order valence-electron chi connectivity index (χ4n) is 2.58. The number of aliphatic carboxylic acids is 1. The van der Waals surface area contributed by atoms with Crippen LogP contribution in [0.3, 0.4) is 0 Å². The van der Waals surface area contributed by atoms with Gasteiger partial charge < -0.3 is 9.67 Å². The number of hydrogen-bond donors (Lipinski definition) is 1. The predicted molar refractivity (Wildman–Crippen MR) is 85.2 cm³/mol. The fraction of sp³-hybridized carbons (Fsp3) is 0.471. The number of benzene rings is 1. The second-order valence-corrected chi connectivity index (χ2v) is 5.99. The number of ketones is 1. The van der Waals surface area contributed by atoms with Gasteiger partial charge in [-0.05, 0) is 31.0 Å². The lowest BCUT2D eigenvalue weighted by Gasteiger charge is -2.14.